The monoisotopic (exact) mass is 236 g/mol. The molecule has 0 aliphatic heterocycles. The van der Waals surface area contributed by atoms with Crippen molar-refractivity contribution in [2.45, 2.75) is 77.2 Å². The van der Waals surface area contributed by atoms with Crippen LogP contribution >= 0.6 is 0 Å². The lowest BCUT2D eigenvalue weighted by atomic mass is 9.45. The van der Waals surface area contributed by atoms with E-state index in [4.69, 9.17) is 0 Å². The molecule has 4 bridgehead atoms. The Hall–Kier alpha value is -0.0400. The van der Waals surface area contributed by atoms with Crippen LogP contribution in [0.1, 0.15) is 71.6 Å². The highest BCUT2D eigenvalue weighted by Crippen LogP contribution is 2.64. The Morgan fingerprint density at radius 1 is 1.18 bits per heavy atom. The van der Waals surface area contributed by atoms with Crippen molar-refractivity contribution in [2.75, 3.05) is 0 Å². The van der Waals surface area contributed by atoms with E-state index in [0.29, 0.717) is 5.41 Å². The zero-order chi connectivity index (χ0) is 12.1. The Balaban J connectivity index is 1.78. The van der Waals surface area contributed by atoms with Crippen LogP contribution in [0.2, 0.25) is 0 Å². The molecule has 4 aliphatic rings. The second-order valence-electron chi connectivity index (χ2n) is 7.59. The third-order valence-electron chi connectivity index (χ3n) is 6.11. The van der Waals surface area contributed by atoms with Gasteiger partial charge in [-0.25, -0.2) is 0 Å². The van der Waals surface area contributed by atoms with Gasteiger partial charge in [-0.05, 0) is 61.7 Å². The largest absolute Gasteiger partial charge is 0.390 e. The molecular weight excluding hydrogens is 208 g/mol. The van der Waals surface area contributed by atoms with Gasteiger partial charge >= 0.3 is 0 Å². The van der Waals surface area contributed by atoms with E-state index in [1.165, 1.54) is 38.5 Å². The number of rotatable bonds is 4. The second-order valence-corrected chi connectivity index (χ2v) is 7.59. The molecule has 0 radical (unpaired) electrons. The van der Waals surface area contributed by atoms with Crippen LogP contribution in [0.5, 0.6) is 0 Å². The summed E-state index contributed by atoms with van der Waals surface area (Å²) in [4.78, 5) is 0. The maximum absolute atomic E-state index is 10.7. The van der Waals surface area contributed by atoms with Crippen LogP contribution in [-0.2, 0) is 0 Å². The Kier molecular flexibility index (Phi) is 2.81. The van der Waals surface area contributed by atoms with Crippen molar-refractivity contribution in [1.29, 1.82) is 0 Å². The lowest BCUT2D eigenvalue weighted by Gasteiger charge is -2.62. The smallest absolute Gasteiger partial charge is 0.0658 e. The highest BCUT2D eigenvalue weighted by molar-refractivity contribution is 5.09. The Morgan fingerprint density at radius 3 is 2.35 bits per heavy atom. The molecule has 3 atom stereocenters. The van der Waals surface area contributed by atoms with E-state index in [-0.39, 0.29) is 5.60 Å². The molecule has 0 saturated heterocycles. The van der Waals surface area contributed by atoms with Crippen LogP contribution in [-0.4, -0.2) is 10.7 Å². The van der Waals surface area contributed by atoms with Gasteiger partial charge in [0.1, 0.15) is 0 Å². The van der Waals surface area contributed by atoms with Crippen molar-refractivity contribution >= 4 is 0 Å². The highest BCUT2D eigenvalue weighted by Gasteiger charge is 2.58. The Labute approximate surface area is 106 Å². The summed E-state index contributed by atoms with van der Waals surface area (Å²) in [5.41, 5.74) is 0.262. The quantitative estimate of drug-likeness (QED) is 0.777. The SMILES string of the molecule is CCCCC(C)C12CC3CC(CC(O)(C3)C1)C2. The molecule has 0 aromatic rings. The average molecular weight is 236 g/mol. The maximum Gasteiger partial charge on any atom is 0.0658 e. The molecule has 4 fully saturated rings. The van der Waals surface area contributed by atoms with Crippen molar-refractivity contribution in [2.24, 2.45) is 23.2 Å². The molecule has 4 rings (SSSR count). The molecule has 0 aromatic carbocycles. The maximum atomic E-state index is 10.7. The van der Waals surface area contributed by atoms with Crippen LogP contribution < -0.4 is 0 Å². The Morgan fingerprint density at radius 2 is 1.82 bits per heavy atom. The van der Waals surface area contributed by atoms with E-state index in [1.807, 2.05) is 0 Å². The van der Waals surface area contributed by atoms with E-state index in [0.717, 1.165) is 37.0 Å². The highest BCUT2D eigenvalue weighted by atomic mass is 16.3. The lowest BCUT2D eigenvalue weighted by molar-refractivity contribution is -0.180. The van der Waals surface area contributed by atoms with E-state index in [2.05, 4.69) is 13.8 Å². The summed E-state index contributed by atoms with van der Waals surface area (Å²) < 4.78 is 0. The fourth-order valence-electron chi connectivity index (χ4n) is 5.68. The fourth-order valence-corrected chi connectivity index (χ4v) is 5.68. The lowest BCUT2D eigenvalue weighted by Crippen LogP contribution is -2.57. The number of aliphatic hydroxyl groups is 1. The molecule has 3 unspecified atom stereocenters. The summed E-state index contributed by atoms with van der Waals surface area (Å²) in [5.74, 6) is 2.54. The van der Waals surface area contributed by atoms with E-state index in [9.17, 15) is 5.11 Å². The van der Waals surface area contributed by atoms with Crippen LogP contribution in [0, 0.1) is 23.2 Å². The molecule has 0 spiro atoms. The summed E-state index contributed by atoms with van der Waals surface area (Å²) >= 11 is 0. The standard InChI is InChI=1S/C16H28O/c1-3-4-5-12(2)15-7-13-6-14(8-15)10-16(17,9-13)11-15/h12-14,17H,3-11H2,1-2H3. The number of hydrogen-bond donors (Lipinski definition) is 1. The molecule has 98 valence electrons. The van der Waals surface area contributed by atoms with Gasteiger partial charge in [0, 0.05) is 0 Å². The van der Waals surface area contributed by atoms with Gasteiger partial charge in [-0.15, -0.1) is 0 Å². The minimum absolute atomic E-state index is 0.259. The van der Waals surface area contributed by atoms with E-state index < -0.39 is 0 Å². The number of hydrogen-bond acceptors (Lipinski definition) is 1. The van der Waals surface area contributed by atoms with Crippen molar-refractivity contribution in [3.8, 4) is 0 Å². The van der Waals surface area contributed by atoms with Crippen LogP contribution in [0.15, 0.2) is 0 Å². The van der Waals surface area contributed by atoms with Gasteiger partial charge in [-0.1, -0.05) is 33.1 Å². The zero-order valence-corrected chi connectivity index (χ0v) is 11.5. The van der Waals surface area contributed by atoms with E-state index >= 15 is 0 Å². The molecule has 0 aromatic heterocycles. The first-order chi connectivity index (χ1) is 8.05. The number of unbranched alkanes of at least 4 members (excludes halogenated alkanes) is 1. The average Bonchev–Trinajstić information content (AvgIpc) is 2.22. The summed E-state index contributed by atoms with van der Waals surface area (Å²) in [5, 5.41) is 10.7. The topological polar surface area (TPSA) is 20.2 Å². The predicted molar refractivity (Wildman–Crippen MR) is 70.8 cm³/mol. The minimum Gasteiger partial charge on any atom is -0.390 e. The first-order valence-electron chi connectivity index (χ1n) is 7.78. The summed E-state index contributed by atoms with van der Waals surface area (Å²) in [6, 6.07) is 0. The van der Waals surface area contributed by atoms with Crippen molar-refractivity contribution < 1.29 is 5.11 Å². The van der Waals surface area contributed by atoms with Gasteiger partial charge in [0.2, 0.25) is 0 Å². The zero-order valence-electron chi connectivity index (χ0n) is 11.5. The van der Waals surface area contributed by atoms with Gasteiger partial charge < -0.3 is 5.11 Å². The molecule has 1 N–H and O–H groups in total. The van der Waals surface area contributed by atoms with Crippen molar-refractivity contribution in [3.63, 3.8) is 0 Å². The molecule has 17 heavy (non-hydrogen) atoms. The van der Waals surface area contributed by atoms with E-state index in [1.54, 1.807) is 0 Å². The van der Waals surface area contributed by atoms with Crippen molar-refractivity contribution in [3.05, 3.63) is 0 Å². The second kappa shape index (κ2) is 3.98. The summed E-state index contributed by atoms with van der Waals surface area (Å²) in [7, 11) is 0. The van der Waals surface area contributed by atoms with Gasteiger partial charge in [0.15, 0.2) is 0 Å². The molecule has 0 amide bonds. The fraction of sp³-hybridized carbons (Fsp3) is 1.00. The first kappa shape index (κ1) is 12.0. The predicted octanol–water partition coefficient (Wildman–Crippen LogP) is 4.14. The van der Waals surface area contributed by atoms with Gasteiger partial charge in [0.05, 0.1) is 5.60 Å². The van der Waals surface area contributed by atoms with Crippen LogP contribution in [0.3, 0.4) is 0 Å². The molecule has 1 heteroatoms. The summed E-state index contributed by atoms with van der Waals surface area (Å²) in [6.07, 6.45) is 11.7. The Bertz CT molecular complexity index is 282. The molecule has 4 aliphatic carbocycles. The van der Waals surface area contributed by atoms with Crippen LogP contribution in [0.4, 0.5) is 0 Å². The summed E-state index contributed by atoms with van der Waals surface area (Å²) in [6.45, 7) is 4.76. The molecule has 1 nitrogen and oxygen atoms in total. The molecular formula is C16H28O. The third-order valence-corrected chi connectivity index (χ3v) is 6.11. The third kappa shape index (κ3) is 1.95. The first-order valence-corrected chi connectivity index (χ1v) is 7.78. The molecule has 0 heterocycles. The van der Waals surface area contributed by atoms with Gasteiger partial charge in [0.25, 0.3) is 0 Å². The molecule has 4 saturated carbocycles. The van der Waals surface area contributed by atoms with Gasteiger partial charge in [-0.3, -0.25) is 0 Å². The minimum atomic E-state index is -0.259. The van der Waals surface area contributed by atoms with Crippen molar-refractivity contribution in [1.82, 2.24) is 0 Å². The normalized spacial score (nSPS) is 49.6. The van der Waals surface area contributed by atoms with Gasteiger partial charge in [-0.2, -0.15) is 0 Å². The van der Waals surface area contributed by atoms with Crippen LogP contribution in [0.25, 0.3) is 0 Å².